The van der Waals surface area contributed by atoms with E-state index in [0.29, 0.717) is 5.56 Å². The summed E-state index contributed by atoms with van der Waals surface area (Å²) < 4.78 is 35.9. The average Bonchev–Trinajstić information content (AvgIpc) is 2.42. The molecule has 0 aliphatic heterocycles. The van der Waals surface area contributed by atoms with Crippen LogP contribution in [0.2, 0.25) is 0 Å². The van der Waals surface area contributed by atoms with Crippen LogP contribution in [0.5, 0.6) is 0 Å². The van der Waals surface area contributed by atoms with E-state index in [0.717, 1.165) is 16.3 Å². The molecule has 3 rings (SSSR count). The Morgan fingerprint density at radius 1 is 1.05 bits per heavy atom. The topological polar surface area (TPSA) is 134 Å². The van der Waals surface area contributed by atoms with Gasteiger partial charge in [0.2, 0.25) is 5.52 Å². The van der Waals surface area contributed by atoms with Crippen molar-refractivity contribution in [3.63, 3.8) is 0 Å². The third kappa shape index (κ3) is 4.10. The highest BCUT2D eigenvalue weighted by Gasteiger charge is 2.12. The number of carbonyl (C=O) groups is 1. The summed E-state index contributed by atoms with van der Waals surface area (Å²) in [6.45, 7) is 0. The minimum Gasteiger partial charge on any atom is -0.478 e. The zero-order valence-electron chi connectivity index (χ0n) is 11.0. The molecule has 2 aromatic heterocycles. The maximum Gasteiger partial charge on any atom is 0.336 e. The molecule has 1 aromatic carbocycles. The normalized spacial score (nSPS) is 11.1. The molecule has 0 aliphatic rings. The summed E-state index contributed by atoms with van der Waals surface area (Å²) in [6.07, 6.45) is 3.77. The highest BCUT2D eigenvalue weighted by atomic mass is 35.7. The number of fused-ring (bicyclic) bond motifs is 2. The number of aromatic carboxylic acids is 1. The highest BCUT2D eigenvalue weighted by molar-refractivity contribution is 6.03. The van der Waals surface area contributed by atoms with E-state index in [1.54, 1.807) is 12.1 Å². The van der Waals surface area contributed by atoms with Crippen molar-refractivity contribution >= 4 is 22.3 Å². The van der Waals surface area contributed by atoms with Crippen LogP contribution in [0, 0.1) is 10.2 Å². The van der Waals surface area contributed by atoms with Gasteiger partial charge in [0.1, 0.15) is 0 Å². The Morgan fingerprint density at radius 2 is 1.73 bits per heavy atom. The molecule has 0 saturated heterocycles. The second kappa shape index (κ2) is 6.22. The molecule has 0 spiro atoms. The summed E-state index contributed by atoms with van der Waals surface area (Å²) in [6, 6.07) is 13.2. The minimum absolute atomic E-state index is 0.334. The van der Waals surface area contributed by atoms with Gasteiger partial charge in [-0.1, -0.05) is 12.1 Å². The van der Waals surface area contributed by atoms with E-state index in [9.17, 15) is 4.79 Å². The van der Waals surface area contributed by atoms with Crippen LogP contribution in [0.4, 0.5) is 0 Å². The van der Waals surface area contributed by atoms with Gasteiger partial charge in [-0.25, -0.2) is 23.4 Å². The predicted octanol–water partition coefficient (Wildman–Crippen LogP) is -2.48. The Labute approximate surface area is 126 Å². The number of pyridine rings is 2. The van der Waals surface area contributed by atoms with Crippen LogP contribution in [0.25, 0.3) is 16.3 Å². The zero-order valence-corrected chi connectivity index (χ0v) is 11.8. The first-order chi connectivity index (χ1) is 10.3. The fraction of sp³-hybridized carbons (Fsp3) is 0. The van der Waals surface area contributed by atoms with Gasteiger partial charge in [-0.2, -0.15) is 4.40 Å². The second-order valence-electron chi connectivity index (χ2n) is 4.30. The van der Waals surface area contributed by atoms with Gasteiger partial charge in [0.05, 0.1) is 10.9 Å². The maximum atomic E-state index is 11.1. The molecule has 1 N–H and O–H groups in total. The summed E-state index contributed by atoms with van der Waals surface area (Å²) in [7, 11) is -4.94. The van der Waals surface area contributed by atoms with Crippen molar-refractivity contribution < 1.29 is 43.2 Å². The van der Waals surface area contributed by atoms with Gasteiger partial charge in [0.25, 0.3) is 0 Å². The molecule has 0 radical (unpaired) electrons. The molecular formula is C14H10ClNO6. The standard InChI is InChI=1S/C14H9NO2.ClHO4/c16-14(17)12-6-3-4-10-8-11-5-1-2-7-15(11)9-13(10)12;2-1(3,4)5/h1-9H;(H,2,3,4,5). The van der Waals surface area contributed by atoms with Crippen LogP contribution in [0.3, 0.4) is 0 Å². The number of rotatable bonds is 1. The monoisotopic (exact) mass is 323 g/mol. The van der Waals surface area contributed by atoms with Crippen LogP contribution >= 0.6 is 0 Å². The maximum absolute atomic E-state index is 11.1. The van der Waals surface area contributed by atoms with Crippen LogP contribution in [-0.4, -0.2) is 11.1 Å². The first kappa shape index (κ1) is 16.1. The molecule has 22 heavy (non-hydrogen) atoms. The first-order valence-electron chi connectivity index (χ1n) is 5.93. The smallest absolute Gasteiger partial charge is 0.336 e. The van der Waals surface area contributed by atoms with E-state index < -0.39 is 16.2 Å². The largest absolute Gasteiger partial charge is 0.478 e. The van der Waals surface area contributed by atoms with Gasteiger partial charge in [0, 0.05) is 18.2 Å². The molecule has 0 amide bonds. The van der Waals surface area contributed by atoms with Gasteiger partial charge in [-0.15, -0.1) is 10.2 Å². The molecule has 0 unspecified atom stereocenters. The molecule has 2 heterocycles. The van der Waals surface area contributed by atoms with E-state index >= 15 is 0 Å². The van der Waals surface area contributed by atoms with Crippen molar-refractivity contribution in [2.24, 2.45) is 0 Å². The highest BCUT2D eigenvalue weighted by Crippen LogP contribution is 2.18. The third-order valence-electron chi connectivity index (χ3n) is 2.86. The second-order valence-corrected chi connectivity index (χ2v) is 5.05. The minimum atomic E-state index is -4.94. The fourth-order valence-corrected chi connectivity index (χ4v) is 2.05. The lowest BCUT2D eigenvalue weighted by atomic mass is 10.1. The van der Waals surface area contributed by atoms with E-state index in [-0.39, 0.29) is 0 Å². The van der Waals surface area contributed by atoms with Crippen LogP contribution in [0.15, 0.2) is 54.9 Å². The average molecular weight is 324 g/mol. The van der Waals surface area contributed by atoms with E-state index in [1.807, 2.05) is 47.1 Å². The molecule has 3 aromatic rings. The van der Waals surface area contributed by atoms with Crippen LogP contribution in [0.1, 0.15) is 10.4 Å². The number of benzene rings is 1. The number of hydrogen-bond donors (Lipinski definition) is 1. The summed E-state index contributed by atoms with van der Waals surface area (Å²) in [5, 5.41) is 10.8. The van der Waals surface area contributed by atoms with Crippen molar-refractivity contribution in [1.82, 2.24) is 0 Å². The van der Waals surface area contributed by atoms with Gasteiger partial charge < -0.3 is 5.11 Å². The molecule has 0 fully saturated rings. The van der Waals surface area contributed by atoms with Gasteiger partial charge >= 0.3 is 5.97 Å². The van der Waals surface area contributed by atoms with Gasteiger partial charge in [0.15, 0.2) is 12.4 Å². The lowest BCUT2D eigenvalue weighted by molar-refractivity contribution is -2.00. The Kier molecular flexibility index (Phi) is 4.55. The van der Waals surface area contributed by atoms with E-state index in [2.05, 4.69) is 0 Å². The van der Waals surface area contributed by atoms with Gasteiger partial charge in [-0.3, -0.25) is 0 Å². The quantitative estimate of drug-likeness (QED) is 0.389. The molecule has 114 valence electrons. The summed E-state index contributed by atoms with van der Waals surface area (Å²) >= 11 is 0. The Bertz CT molecular complexity index is 824. The zero-order chi connectivity index (χ0) is 16.3. The lowest BCUT2D eigenvalue weighted by Crippen LogP contribution is -2.68. The number of hydrogen-bond acceptors (Lipinski definition) is 5. The van der Waals surface area contributed by atoms with Crippen molar-refractivity contribution in [2.45, 2.75) is 0 Å². The van der Waals surface area contributed by atoms with E-state index in [1.165, 1.54) is 0 Å². The number of halogens is 1. The number of carboxylic acids is 1. The molecule has 0 bridgehead atoms. The van der Waals surface area contributed by atoms with Gasteiger partial charge in [-0.05, 0) is 17.5 Å². The molecule has 0 saturated carbocycles. The van der Waals surface area contributed by atoms with Crippen LogP contribution in [-0.2, 0) is 0 Å². The van der Waals surface area contributed by atoms with Crippen molar-refractivity contribution in [3.8, 4) is 0 Å². The predicted molar refractivity (Wildman–Crippen MR) is 64.1 cm³/mol. The number of carboxylic acid groups (broad SMARTS) is 1. The molecule has 0 atom stereocenters. The Hall–Kier alpha value is -2.29. The van der Waals surface area contributed by atoms with Crippen molar-refractivity contribution in [1.29, 1.82) is 0 Å². The summed E-state index contributed by atoms with van der Waals surface area (Å²) in [4.78, 5) is 11.1. The fourth-order valence-electron chi connectivity index (χ4n) is 2.05. The SMILES string of the molecule is O=C(O)c1cccc2cc3cccc[n+]3cc12.[O-][Cl+3]([O-])([O-])[O-]. The number of aromatic nitrogens is 1. The summed E-state index contributed by atoms with van der Waals surface area (Å²) in [5.74, 6) is -0.897. The molecule has 0 aliphatic carbocycles. The Morgan fingerprint density at radius 3 is 2.36 bits per heavy atom. The Balaban J connectivity index is 0.000000309. The molecule has 7 nitrogen and oxygen atoms in total. The van der Waals surface area contributed by atoms with Crippen LogP contribution < -0.4 is 23.0 Å². The molecule has 8 heteroatoms. The summed E-state index contributed by atoms with van der Waals surface area (Å²) in [5.41, 5.74) is 1.38. The third-order valence-corrected chi connectivity index (χ3v) is 2.86. The lowest BCUT2D eigenvalue weighted by Gasteiger charge is -2.17. The molecular weight excluding hydrogens is 314 g/mol. The van der Waals surface area contributed by atoms with E-state index in [4.69, 9.17) is 23.7 Å². The number of nitrogens with zero attached hydrogens (tertiary/aromatic N) is 1. The first-order valence-corrected chi connectivity index (χ1v) is 7.17. The van der Waals surface area contributed by atoms with Crippen molar-refractivity contribution in [2.75, 3.05) is 0 Å². The van der Waals surface area contributed by atoms with Crippen molar-refractivity contribution in [3.05, 3.63) is 60.4 Å².